The molecule has 4 rings (SSSR count). The summed E-state index contributed by atoms with van der Waals surface area (Å²) in [6.07, 6.45) is 0. The second kappa shape index (κ2) is 10.1. The lowest BCUT2D eigenvalue weighted by atomic mass is 10.2. The zero-order chi connectivity index (χ0) is 21.6. The molecule has 2 heterocycles. The van der Waals surface area contributed by atoms with E-state index in [1.54, 1.807) is 24.3 Å². The van der Waals surface area contributed by atoms with Crippen molar-refractivity contribution in [3.05, 3.63) is 65.2 Å². The first-order chi connectivity index (χ1) is 15.1. The van der Waals surface area contributed by atoms with Gasteiger partial charge in [-0.25, -0.2) is 0 Å². The molecule has 3 aromatic rings. The maximum Gasteiger partial charge on any atom is 0.259 e. The van der Waals surface area contributed by atoms with Gasteiger partial charge in [0.2, 0.25) is 11.0 Å². The predicted octanol–water partition coefficient (Wildman–Crippen LogP) is 3.88. The standard InChI is InChI=1S/C21H20ClN5O2S2/c22-17-9-5-4-8-16(17)19(29)23-20-24-25-21(31-20)30-14-18(28)27-12-10-26(11-13-27)15-6-2-1-3-7-15/h1-9H,10-14H2,(H,23,24,29). The normalized spacial score (nSPS) is 13.8. The first kappa shape index (κ1) is 21.6. The van der Waals surface area contributed by atoms with E-state index in [0.29, 0.717) is 38.9 Å². The third-order valence-corrected chi connectivity index (χ3v) is 7.10. The number of hydrogen-bond acceptors (Lipinski definition) is 7. The predicted molar refractivity (Wildman–Crippen MR) is 125 cm³/mol. The van der Waals surface area contributed by atoms with Gasteiger partial charge in [0, 0.05) is 31.9 Å². The van der Waals surface area contributed by atoms with Gasteiger partial charge in [0.05, 0.1) is 16.3 Å². The van der Waals surface area contributed by atoms with E-state index >= 15 is 0 Å². The zero-order valence-corrected chi connectivity index (χ0v) is 18.9. The molecule has 0 saturated carbocycles. The molecule has 7 nitrogen and oxygen atoms in total. The van der Waals surface area contributed by atoms with Crippen LogP contribution in [0.25, 0.3) is 0 Å². The molecule has 0 atom stereocenters. The minimum absolute atomic E-state index is 0.0783. The minimum atomic E-state index is -0.342. The molecule has 1 aliphatic rings. The van der Waals surface area contributed by atoms with Crippen molar-refractivity contribution in [3.63, 3.8) is 0 Å². The molecule has 1 N–H and O–H groups in total. The van der Waals surface area contributed by atoms with Crippen LogP contribution in [0, 0.1) is 0 Å². The van der Waals surface area contributed by atoms with E-state index in [1.165, 1.54) is 28.8 Å². The van der Waals surface area contributed by atoms with Crippen molar-refractivity contribution >= 4 is 57.3 Å². The molecule has 160 valence electrons. The van der Waals surface area contributed by atoms with E-state index < -0.39 is 0 Å². The van der Waals surface area contributed by atoms with Gasteiger partial charge in [0.25, 0.3) is 5.91 Å². The number of nitrogens with zero attached hydrogens (tertiary/aromatic N) is 4. The van der Waals surface area contributed by atoms with Crippen molar-refractivity contribution in [2.75, 3.05) is 42.1 Å². The number of carbonyl (C=O) groups is 2. The monoisotopic (exact) mass is 473 g/mol. The SMILES string of the molecule is O=C(Nc1nnc(SCC(=O)N2CCN(c3ccccc3)CC2)s1)c1ccccc1Cl. The molecular weight excluding hydrogens is 454 g/mol. The van der Waals surface area contributed by atoms with Gasteiger partial charge < -0.3 is 9.80 Å². The van der Waals surface area contributed by atoms with Crippen LogP contribution in [0.3, 0.4) is 0 Å². The number of nitrogens with one attached hydrogen (secondary N) is 1. The van der Waals surface area contributed by atoms with Gasteiger partial charge >= 0.3 is 0 Å². The van der Waals surface area contributed by atoms with Crippen molar-refractivity contribution in [3.8, 4) is 0 Å². The Morgan fingerprint density at radius 2 is 1.71 bits per heavy atom. The van der Waals surface area contributed by atoms with E-state index in [0.717, 1.165) is 13.1 Å². The molecule has 0 spiro atoms. The van der Waals surface area contributed by atoms with Crippen molar-refractivity contribution in [2.45, 2.75) is 4.34 Å². The summed E-state index contributed by atoms with van der Waals surface area (Å²) in [6.45, 7) is 3.03. The fourth-order valence-corrected chi connectivity index (χ4v) is 5.07. The van der Waals surface area contributed by atoms with Gasteiger partial charge in [0.15, 0.2) is 4.34 Å². The largest absolute Gasteiger partial charge is 0.368 e. The van der Waals surface area contributed by atoms with Crippen molar-refractivity contribution in [1.29, 1.82) is 0 Å². The van der Waals surface area contributed by atoms with Crippen LogP contribution in [-0.2, 0) is 4.79 Å². The van der Waals surface area contributed by atoms with Gasteiger partial charge in [-0.2, -0.15) is 0 Å². The van der Waals surface area contributed by atoms with E-state index in [2.05, 4.69) is 32.5 Å². The average molecular weight is 474 g/mol. The Morgan fingerprint density at radius 1 is 1.00 bits per heavy atom. The van der Waals surface area contributed by atoms with E-state index in [-0.39, 0.29) is 11.8 Å². The van der Waals surface area contributed by atoms with Crippen LogP contribution < -0.4 is 10.2 Å². The number of carbonyl (C=O) groups excluding carboxylic acids is 2. The van der Waals surface area contributed by atoms with Crippen molar-refractivity contribution < 1.29 is 9.59 Å². The summed E-state index contributed by atoms with van der Waals surface area (Å²) in [5.41, 5.74) is 1.56. The minimum Gasteiger partial charge on any atom is -0.368 e. The molecule has 0 bridgehead atoms. The molecule has 1 saturated heterocycles. The third-order valence-electron chi connectivity index (χ3n) is 4.82. The van der Waals surface area contributed by atoms with Crippen LogP contribution in [-0.4, -0.2) is 58.8 Å². The molecule has 1 aliphatic heterocycles. The summed E-state index contributed by atoms with van der Waals surface area (Å²) >= 11 is 8.61. The lowest BCUT2D eigenvalue weighted by molar-refractivity contribution is -0.128. The number of hydrogen-bond donors (Lipinski definition) is 1. The second-order valence-electron chi connectivity index (χ2n) is 6.80. The van der Waals surface area contributed by atoms with Crippen molar-refractivity contribution in [1.82, 2.24) is 15.1 Å². The highest BCUT2D eigenvalue weighted by atomic mass is 35.5. The molecule has 31 heavy (non-hydrogen) atoms. The number of amides is 2. The summed E-state index contributed by atoms with van der Waals surface area (Å²) in [6, 6.07) is 17.0. The molecule has 0 radical (unpaired) electrons. The Hall–Kier alpha value is -2.62. The lowest BCUT2D eigenvalue weighted by Gasteiger charge is -2.36. The number of para-hydroxylation sites is 1. The average Bonchev–Trinajstić information content (AvgIpc) is 3.25. The van der Waals surface area contributed by atoms with Crippen LogP contribution >= 0.6 is 34.7 Å². The lowest BCUT2D eigenvalue weighted by Crippen LogP contribution is -2.49. The maximum absolute atomic E-state index is 12.6. The number of halogens is 1. The number of benzene rings is 2. The molecule has 1 fully saturated rings. The molecule has 2 aromatic carbocycles. The quantitative estimate of drug-likeness (QED) is 0.432. The zero-order valence-electron chi connectivity index (χ0n) is 16.5. The summed E-state index contributed by atoms with van der Waals surface area (Å²) in [4.78, 5) is 29.1. The molecule has 1 aromatic heterocycles. The molecule has 0 aliphatic carbocycles. The van der Waals surface area contributed by atoms with Gasteiger partial charge in [-0.15, -0.1) is 10.2 Å². The first-order valence-corrected chi connectivity index (χ1v) is 11.9. The Balaban J connectivity index is 1.25. The molecular formula is C21H20ClN5O2S2. The van der Waals surface area contributed by atoms with E-state index in [4.69, 9.17) is 11.6 Å². The number of aromatic nitrogens is 2. The van der Waals surface area contributed by atoms with E-state index in [1.807, 2.05) is 23.1 Å². The summed E-state index contributed by atoms with van der Waals surface area (Å²) in [7, 11) is 0. The fourth-order valence-electron chi connectivity index (χ4n) is 3.20. The fraction of sp³-hybridized carbons (Fsp3) is 0.238. The number of piperazine rings is 1. The highest BCUT2D eigenvalue weighted by Gasteiger charge is 2.22. The number of rotatable bonds is 6. The van der Waals surface area contributed by atoms with Crippen LogP contribution in [0.15, 0.2) is 58.9 Å². The smallest absolute Gasteiger partial charge is 0.259 e. The van der Waals surface area contributed by atoms with Gasteiger partial charge in [-0.3, -0.25) is 14.9 Å². The van der Waals surface area contributed by atoms with Gasteiger partial charge in [0.1, 0.15) is 0 Å². The highest BCUT2D eigenvalue weighted by Crippen LogP contribution is 2.27. The van der Waals surface area contributed by atoms with Crippen LogP contribution in [0.5, 0.6) is 0 Å². The van der Waals surface area contributed by atoms with Gasteiger partial charge in [-0.1, -0.05) is 65.0 Å². The van der Waals surface area contributed by atoms with Gasteiger partial charge in [-0.05, 0) is 24.3 Å². The van der Waals surface area contributed by atoms with Crippen LogP contribution in [0.2, 0.25) is 5.02 Å². The molecule has 0 unspecified atom stereocenters. The highest BCUT2D eigenvalue weighted by molar-refractivity contribution is 8.01. The Kier molecular flexibility index (Phi) is 7.06. The second-order valence-corrected chi connectivity index (χ2v) is 9.41. The van der Waals surface area contributed by atoms with E-state index in [9.17, 15) is 9.59 Å². The Morgan fingerprint density at radius 3 is 2.45 bits per heavy atom. The van der Waals surface area contributed by atoms with Crippen molar-refractivity contribution in [2.24, 2.45) is 0 Å². The Bertz CT molecular complexity index is 1050. The topological polar surface area (TPSA) is 78.4 Å². The van der Waals surface area contributed by atoms with Crippen LogP contribution in [0.1, 0.15) is 10.4 Å². The summed E-state index contributed by atoms with van der Waals surface area (Å²) in [5.74, 6) is 0.0264. The summed E-state index contributed by atoms with van der Waals surface area (Å²) < 4.78 is 0.630. The molecule has 10 heteroatoms. The van der Waals surface area contributed by atoms with Crippen LogP contribution in [0.4, 0.5) is 10.8 Å². The molecule has 2 amide bonds. The number of thioether (sulfide) groups is 1. The first-order valence-electron chi connectivity index (χ1n) is 9.70. The third kappa shape index (κ3) is 5.55. The Labute approximate surface area is 193 Å². The number of anilines is 2. The maximum atomic E-state index is 12.6. The summed E-state index contributed by atoms with van der Waals surface area (Å²) in [5, 5.41) is 11.5.